The molecule has 0 bridgehead atoms. The van der Waals surface area contributed by atoms with Crippen molar-refractivity contribution in [2.45, 2.75) is 64.2 Å². The van der Waals surface area contributed by atoms with Gasteiger partial charge in [-0.2, -0.15) is 0 Å². The average molecular weight is 356 g/mol. The average Bonchev–Trinajstić information content (AvgIpc) is 2.42. The van der Waals surface area contributed by atoms with Crippen molar-refractivity contribution in [3.05, 3.63) is 41.0 Å². The van der Waals surface area contributed by atoms with E-state index in [0.717, 1.165) is 16.3 Å². The predicted molar refractivity (Wildman–Crippen MR) is 94.2 cm³/mol. The fourth-order valence-electron chi connectivity index (χ4n) is 3.34. The van der Waals surface area contributed by atoms with Gasteiger partial charge in [0.2, 0.25) is 0 Å². The van der Waals surface area contributed by atoms with Gasteiger partial charge in [-0.25, -0.2) is 8.42 Å². The topological polar surface area (TPSA) is 57.2 Å². The van der Waals surface area contributed by atoms with Crippen LogP contribution in [0.2, 0.25) is 0 Å². The minimum absolute atomic E-state index is 0. The fourth-order valence-corrected chi connectivity index (χ4v) is 3.84. The molecule has 5 heteroatoms. The molecule has 0 heterocycles. The number of fused-ring (bicyclic) bond motifs is 1. The van der Waals surface area contributed by atoms with Crippen LogP contribution in [0.4, 0.5) is 0 Å². The van der Waals surface area contributed by atoms with Gasteiger partial charge in [0, 0.05) is 0 Å². The SMILES string of the molecule is CC(C)c1cc2ccc(S(=O)(=O)[O-])cc2c(C(C)C)c1C(C)C.[Na+]. The Labute approximate surface area is 167 Å². The smallest absolute Gasteiger partial charge is 0.744 e. The van der Waals surface area contributed by atoms with E-state index < -0.39 is 10.1 Å². The van der Waals surface area contributed by atoms with Crippen LogP contribution in [0.25, 0.3) is 10.8 Å². The molecule has 0 fully saturated rings. The van der Waals surface area contributed by atoms with Crippen molar-refractivity contribution < 1.29 is 42.5 Å². The zero-order valence-electron chi connectivity index (χ0n) is 15.7. The summed E-state index contributed by atoms with van der Waals surface area (Å²) in [6.07, 6.45) is 0. The molecule has 2 rings (SSSR count). The summed E-state index contributed by atoms with van der Waals surface area (Å²) in [6, 6.07) is 6.85. The maximum atomic E-state index is 11.4. The molecular weight excluding hydrogens is 331 g/mol. The van der Waals surface area contributed by atoms with Crippen molar-refractivity contribution in [1.29, 1.82) is 0 Å². The number of rotatable bonds is 4. The van der Waals surface area contributed by atoms with Crippen molar-refractivity contribution in [1.82, 2.24) is 0 Å². The van der Waals surface area contributed by atoms with Gasteiger partial charge in [0.15, 0.2) is 0 Å². The van der Waals surface area contributed by atoms with E-state index in [4.69, 9.17) is 0 Å². The van der Waals surface area contributed by atoms with E-state index in [9.17, 15) is 13.0 Å². The van der Waals surface area contributed by atoms with Crippen LogP contribution in [0.5, 0.6) is 0 Å². The Balaban J connectivity index is 0.00000288. The quantitative estimate of drug-likeness (QED) is 0.623. The van der Waals surface area contributed by atoms with E-state index in [-0.39, 0.29) is 40.4 Å². The Morgan fingerprint density at radius 2 is 1.38 bits per heavy atom. The zero-order valence-corrected chi connectivity index (χ0v) is 18.5. The van der Waals surface area contributed by atoms with Gasteiger partial charge in [-0.15, -0.1) is 0 Å². The third-order valence-corrected chi connectivity index (χ3v) is 5.12. The van der Waals surface area contributed by atoms with Crippen LogP contribution in [0.1, 0.15) is 76.0 Å². The number of hydrogen-bond donors (Lipinski definition) is 0. The normalized spacial score (nSPS) is 12.2. The standard InChI is InChI=1S/C19H26O3S.Na/c1-11(2)16-9-14-7-8-15(23(20,21)22)10-17(14)19(13(5)6)18(16)12(3)4;/h7-13H,1-6H3,(H,20,21,22);/q;+1/p-1. The monoisotopic (exact) mass is 356 g/mol. The summed E-state index contributed by atoms with van der Waals surface area (Å²) in [5.41, 5.74) is 3.74. The second-order valence-electron chi connectivity index (χ2n) is 7.09. The maximum Gasteiger partial charge on any atom is 1.00 e. The van der Waals surface area contributed by atoms with E-state index in [2.05, 4.69) is 47.6 Å². The minimum atomic E-state index is -4.45. The molecule has 0 spiro atoms. The predicted octanol–water partition coefficient (Wildman–Crippen LogP) is 2.12. The molecule has 2 aromatic rings. The number of hydrogen-bond acceptors (Lipinski definition) is 3. The molecule has 0 atom stereocenters. The summed E-state index contributed by atoms with van der Waals surface area (Å²) in [5, 5.41) is 1.87. The van der Waals surface area contributed by atoms with Gasteiger partial charge >= 0.3 is 29.6 Å². The summed E-state index contributed by atoms with van der Waals surface area (Å²) in [6.45, 7) is 12.9. The Hall–Kier alpha value is -0.390. The molecule has 0 unspecified atom stereocenters. The fraction of sp³-hybridized carbons (Fsp3) is 0.474. The van der Waals surface area contributed by atoms with Crippen LogP contribution in [0.3, 0.4) is 0 Å². The van der Waals surface area contributed by atoms with Crippen LogP contribution in [-0.4, -0.2) is 13.0 Å². The van der Waals surface area contributed by atoms with Crippen molar-refractivity contribution in [3.63, 3.8) is 0 Å². The molecule has 0 amide bonds. The Morgan fingerprint density at radius 1 is 0.833 bits per heavy atom. The summed E-state index contributed by atoms with van der Waals surface area (Å²) in [5.74, 6) is 0.970. The summed E-state index contributed by atoms with van der Waals surface area (Å²) >= 11 is 0. The molecule has 0 radical (unpaired) electrons. The zero-order chi connectivity index (χ0) is 17.5. The largest absolute Gasteiger partial charge is 1.00 e. The molecule has 0 aliphatic rings. The van der Waals surface area contributed by atoms with Crippen molar-refractivity contribution >= 4 is 20.9 Å². The van der Waals surface area contributed by atoms with Crippen LogP contribution in [0.15, 0.2) is 29.2 Å². The molecule has 0 saturated carbocycles. The first-order valence-corrected chi connectivity index (χ1v) is 9.51. The Bertz CT molecular complexity index is 837. The van der Waals surface area contributed by atoms with Crippen LogP contribution >= 0.6 is 0 Å². The minimum Gasteiger partial charge on any atom is -0.744 e. The van der Waals surface area contributed by atoms with Crippen molar-refractivity contribution in [2.24, 2.45) is 0 Å². The van der Waals surface area contributed by atoms with Crippen molar-refractivity contribution in [3.8, 4) is 0 Å². The first kappa shape index (κ1) is 21.7. The molecule has 0 N–H and O–H groups in total. The summed E-state index contributed by atoms with van der Waals surface area (Å²) in [7, 11) is -4.45. The van der Waals surface area contributed by atoms with E-state index >= 15 is 0 Å². The van der Waals surface area contributed by atoms with Gasteiger partial charge in [0.1, 0.15) is 10.1 Å². The molecule has 24 heavy (non-hydrogen) atoms. The molecular formula is C19H25NaO3S. The van der Waals surface area contributed by atoms with Crippen LogP contribution < -0.4 is 29.6 Å². The van der Waals surface area contributed by atoms with Gasteiger partial charge in [-0.05, 0) is 57.3 Å². The van der Waals surface area contributed by atoms with Gasteiger partial charge in [-0.3, -0.25) is 0 Å². The first-order chi connectivity index (χ1) is 10.5. The van der Waals surface area contributed by atoms with E-state index in [1.54, 1.807) is 12.1 Å². The Morgan fingerprint density at radius 3 is 1.79 bits per heavy atom. The first-order valence-electron chi connectivity index (χ1n) is 8.10. The molecule has 0 saturated heterocycles. The van der Waals surface area contributed by atoms with Gasteiger partial charge in [0.05, 0.1) is 4.90 Å². The van der Waals surface area contributed by atoms with Crippen LogP contribution in [0, 0.1) is 0 Å². The van der Waals surface area contributed by atoms with Gasteiger partial charge < -0.3 is 4.55 Å². The molecule has 0 aliphatic heterocycles. The number of benzene rings is 2. The maximum absolute atomic E-state index is 11.4. The molecule has 2 aromatic carbocycles. The molecule has 0 aromatic heterocycles. The third kappa shape index (κ3) is 4.23. The second-order valence-corrected chi connectivity index (χ2v) is 8.47. The van der Waals surface area contributed by atoms with Gasteiger partial charge in [-0.1, -0.05) is 53.7 Å². The molecule has 126 valence electrons. The van der Waals surface area contributed by atoms with E-state index in [0.29, 0.717) is 11.8 Å². The Kier molecular flexibility index (Phi) is 7.11. The molecule has 0 aliphatic carbocycles. The summed E-state index contributed by atoms with van der Waals surface area (Å²) < 4.78 is 34.2. The van der Waals surface area contributed by atoms with E-state index in [1.807, 2.05) is 0 Å². The van der Waals surface area contributed by atoms with Crippen molar-refractivity contribution in [2.75, 3.05) is 0 Å². The molecule has 3 nitrogen and oxygen atoms in total. The summed E-state index contributed by atoms with van der Waals surface area (Å²) in [4.78, 5) is -0.154. The van der Waals surface area contributed by atoms with Crippen LogP contribution in [-0.2, 0) is 10.1 Å². The third-order valence-electron chi connectivity index (χ3n) is 4.29. The second kappa shape index (κ2) is 7.88. The van der Waals surface area contributed by atoms with Gasteiger partial charge in [0.25, 0.3) is 0 Å². The van der Waals surface area contributed by atoms with E-state index in [1.165, 1.54) is 17.2 Å².